The zero-order chi connectivity index (χ0) is 19.4. The van der Waals surface area contributed by atoms with Crippen LogP contribution in [0.25, 0.3) is 0 Å². The number of benzene rings is 1. The lowest BCUT2D eigenvalue weighted by Crippen LogP contribution is -2.34. The number of thiocarbonyl (C=S) groups is 1. The number of amides is 2. The number of hydrogen-bond acceptors (Lipinski definition) is 5. The molecule has 0 aliphatic rings. The lowest BCUT2D eigenvalue weighted by atomic mass is 10.1. The van der Waals surface area contributed by atoms with Crippen LogP contribution in [0.1, 0.15) is 45.0 Å². The van der Waals surface area contributed by atoms with Crippen LogP contribution in [0.3, 0.4) is 0 Å². The number of anilines is 1. The van der Waals surface area contributed by atoms with Gasteiger partial charge in [-0.15, -0.1) is 11.3 Å². The Morgan fingerprint density at radius 1 is 1.23 bits per heavy atom. The van der Waals surface area contributed by atoms with E-state index in [2.05, 4.69) is 10.6 Å². The van der Waals surface area contributed by atoms with Crippen LogP contribution in [0, 0.1) is 13.8 Å². The second-order valence-electron chi connectivity index (χ2n) is 5.92. The summed E-state index contributed by atoms with van der Waals surface area (Å²) in [5, 5.41) is 6.10. The van der Waals surface area contributed by atoms with Gasteiger partial charge in [0.1, 0.15) is 10.8 Å². The summed E-state index contributed by atoms with van der Waals surface area (Å²) in [5.41, 5.74) is 7.00. The van der Waals surface area contributed by atoms with Gasteiger partial charge in [0, 0.05) is 4.88 Å². The Hall–Kier alpha value is -2.45. The van der Waals surface area contributed by atoms with Crippen LogP contribution in [-0.2, 0) is 0 Å². The first-order chi connectivity index (χ1) is 12.2. The number of carbonyl (C=O) groups excluding carboxylic acids is 2. The largest absolute Gasteiger partial charge is 0.490 e. The SMILES string of the molecule is Cc1sc(NC(=S)NC(=O)c2ccccc2OC(C)C)c(C(N)=O)c1C. The summed E-state index contributed by atoms with van der Waals surface area (Å²) in [6.45, 7) is 7.47. The summed E-state index contributed by atoms with van der Waals surface area (Å²) < 4.78 is 5.65. The number of para-hydroxylation sites is 1. The molecule has 138 valence electrons. The third kappa shape index (κ3) is 4.59. The van der Waals surface area contributed by atoms with Crippen LogP contribution >= 0.6 is 23.6 Å². The summed E-state index contributed by atoms with van der Waals surface area (Å²) in [6.07, 6.45) is -0.0655. The zero-order valence-electron chi connectivity index (χ0n) is 15.0. The quantitative estimate of drug-likeness (QED) is 0.680. The fraction of sp³-hybridized carbons (Fsp3) is 0.278. The molecule has 2 amide bonds. The molecule has 0 unspecified atom stereocenters. The maximum atomic E-state index is 12.5. The average Bonchev–Trinajstić information content (AvgIpc) is 2.81. The molecule has 1 aromatic carbocycles. The van der Waals surface area contributed by atoms with E-state index in [-0.39, 0.29) is 11.2 Å². The molecular formula is C18H21N3O3S2. The van der Waals surface area contributed by atoms with Crippen LogP contribution in [0.5, 0.6) is 5.75 Å². The first-order valence-corrected chi connectivity index (χ1v) is 9.21. The fourth-order valence-corrected chi connectivity index (χ4v) is 3.66. The Labute approximate surface area is 161 Å². The molecule has 0 fully saturated rings. The van der Waals surface area contributed by atoms with Crippen molar-refractivity contribution in [1.82, 2.24) is 5.32 Å². The predicted molar refractivity (Wildman–Crippen MR) is 108 cm³/mol. The summed E-state index contributed by atoms with van der Waals surface area (Å²) in [7, 11) is 0. The van der Waals surface area contributed by atoms with Gasteiger partial charge in [0.05, 0.1) is 17.2 Å². The van der Waals surface area contributed by atoms with Crippen LogP contribution in [0.2, 0.25) is 0 Å². The minimum absolute atomic E-state index is 0.0655. The van der Waals surface area contributed by atoms with Gasteiger partial charge in [-0.05, 0) is 57.6 Å². The number of nitrogens with two attached hydrogens (primary N) is 1. The number of nitrogens with one attached hydrogen (secondary N) is 2. The maximum absolute atomic E-state index is 12.5. The third-order valence-corrected chi connectivity index (χ3v) is 4.91. The second-order valence-corrected chi connectivity index (χ2v) is 7.56. The van der Waals surface area contributed by atoms with Crippen molar-refractivity contribution < 1.29 is 14.3 Å². The molecule has 6 nitrogen and oxygen atoms in total. The number of hydrogen-bond donors (Lipinski definition) is 3. The van der Waals surface area contributed by atoms with Gasteiger partial charge in [-0.2, -0.15) is 0 Å². The molecule has 2 aromatic rings. The molecule has 1 heterocycles. The van der Waals surface area contributed by atoms with E-state index in [9.17, 15) is 9.59 Å². The normalized spacial score (nSPS) is 10.5. The summed E-state index contributed by atoms with van der Waals surface area (Å²) in [4.78, 5) is 25.2. The first-order valence-electron chi connectivity index (χ1n) is 7.98. The van der Waals surface area contributed by atoms with Gasteiger partial charge < -0.3 is 15.8 Å². The smallest absolute Gasteiger partial charge is 0.261 e. The van der Waals surface area contributed by atoms with Crippen molar-refractivity contribution >= 4 is 45.5 Å². The van der Waals surface area contributed by atoms with E-state index in [1.807, 2.05) is 27.7 Å². The van der Waals surface area contributed by atoms with E-state index in [0.29, 0.717) is 21.9 Å². The zero-order valence-corrected chi connectivity index (χ0v) is 16.6. The highest BCUT2D eigenvalue weighted by molar-refractivity contribution is 7.80. The van der Waals surface area contributed by atoms with Gasteiger partial charge >= 0.3 is 0 Å². The van der Waals surface area contributed by atoms with Crippen molar-refractivity contribution in [3.63, 3.8) is 0 Å². The average molecular weight is 392 g/mol. The van der Waals surface area contributed by atoms with E-state index in [0.717, 1.165) is 10.4 Å². The molecule has 0 aliphatic carbocycles. The van der Waals surface area contributed by atoms with Gasteiger partial charge in [0.25, 0.3) is 11.8 Å². The predicted octanol–water partition coefficient (Wildman–Crippen LogP) is 3.38. The summed E-state index contributed by atoms with van der Waals surface area (Å²) in [6, 6.07) is 6.92. The van der Waals surface area contributed by atoms with Crippen molar-refractivity contribution in [2.75, 3.05) is 5.32 Å². The molecule has 0 saturated heterocycles. The van der Waals surface area contributed by atoms with Gasteiger partial charge in [0.15, 0.2) is 5.11 Å². The van der Waals surface area contributed by atoms with Gasteiger partial charge in [-0.3, -0.25) is 14.9 Å². The molecule has 0 radical (unpaired) electrons. The maximum Gasteiger partial charge on any atom is 0.261 e. The van der Waals surface area contributed by atoms with Crippen LogP contribution in [0.4, 0.5) is 5.00 Å². The number of carbonyl (C=O) groups is 2. The second kappa shape index (κ2) is 8.29. The minimum atomic E-state index is -0.542. The summed E-state index contributed by atoms with van der Waals surface area (Å²) >= 11 is 6.57. The molecule has 0 atom stereocenters. The van der Waals surface area contributed by atoms with E-state index < -0.39 is 11.8 Å². The Bertz CT molecular complexity index is 859. The number of primary amides is 1. The minimum Gasteiger partial charge on any atom is -0.490 e. The molecule has 2 rings (SSSR count). The molecule has 1 aromatic heterocycles. The van der Waals surface area contributed by atoms with Crippen molar-refractivity contribution in [3.8, 4) is 5.75 Å². The third-order valence-electron chi connectivity index (χ3n) is 3.58. The molecule has 0 saturated carbocycles. The highest BCUT2D eigenvalue weighted by atomic mass is 32.1. The Morgan fingerprint density at radius 3 is 2.50 bits per heavy atom. The molecule has 8 heteroatoms. The summed E-state index contributed by atoms with van der Waals surface area (Å²) in [5.74, 6) is -0.466. The van der Waals surface area contributed by atoms with Crippen LogP contribution in [0.15, 0.2) is 24.3 Å². The monoisotopic (exact) mass is 391 g/mol. The Kier molecular flexibility index (Phi) is 6.33. The molecule has 0 spiro atoms. The van der Waals surface area contributed by atoms with Crippen LogP contribution < -0.4 is 21.1 Å². The molecule has 0 bridgehead atoms. The van der Waals surface area contributed by atoms with Gasteiger partial charge in [-0.25, -0.2) is 0 Å². The molecular weight excluding hydrogens is 370 g/mol. The van der Waals surface area contributed by atoms with Gasteiger partial charge in [0.2, 0.25) is 0 Å². The number of ether oxygens (including phenoxy) is 1. The molecule has 26 heavy (non-hydrogen) atoms. The van der Waals surface area contributed by atoms with Crippen molar-refractivity contribution in [3.05, 3.63) is 45.8 Å². The van der Waals surface area contributed by atoms with E-state index in [1.54, 1.807) is 24.3 Å². The van der Waals surface area contributed by atoms with E-state index >= 15 is 0 Å². The first kappa shape index (κ1) is 19.9. The lowest BCUT2D eigenvalue weighted by Gasteiger charge is -2.14. The van der Waals surface area contributed by atoms with Crippen LogP contribution in [-0.4, -0.2) is 23.0 Å². The van der Waals surface area contributed by atoms with E-state index in [1.165, 1.54) is 11.3 Å². The van der Waals surface area contributed by atoms with Crippen molar-refractivity contribution in [2.24, 2.45) is 5.73 Å². The number of rotatable bonds is 5. The Balaban J connectivity index is 2.16. The standard InChI is InChI=1S/C18H21N3O3S2/c1-9(2)24-13-8-6-5-7-12(13)16(23)20-18(25)21-17-14(15(19)22)10(3)11(4)26-17/h5-9H,1-4H3,(H2,19,22)(H2,20,21,23,25). The topological polar surface area (TPSA) is 93.4 Å². The van der Waals surface area contributed by atoms with E-state index in [4.69, 9.17) is 22.7 Å². The van der Waals surface area contributed by atoms with Gasteiger partial charge in [-0.1, -0.05) is 12.1 Å². The fourth-order valence-electron chi connectivity index (χ4n) is 2.33. The molecule has 4 N–H and O–H groups in total. The van der Waals surface area contributed by atoms with Crippen molar-refractivity contribution in [2.45, 2.75) is 33.8 Å². The Morgan fingerprint density at radius 2 is 1.88 bits per heavy atom. The highest BCUT2D eigenvalue weighted by Gasteiger charge is 2.19. The number of thiophene rings is 1. The molecule has 0 aliphatic heterocycles. The number of aryl methyl sites for hydroxylation is 1. The van der Waals surface area contributed by atoms with Crippen molar-refractivity contribution in [1.29, 1.82) is 0 Å². The lowest BCUT2D eigenvalue weighted by molar-refractivity contribution is 0.0970. The highest BCUT2D eigenvalue weighted by Crippen LogP contribution is 2.32.